The third-order valence-electron chi connectivity index (χ3n) is 3.99. The molecule has 2 aromatic rings. The molecule has 6 heteroatoms. The molecular weight excluding hydrogens is 324 g/mol. The molecule has 0 radical (unpaired) electrons. The molecule has 0 atom stereocenters. The predicted octanol–water partition coefficient (Wildman–Crippen LogP) is 3.28. The summed E-state index contributed by atoms with van der Waals surface area (Å²) in [5, 5.41) is 2.70. The molecule has 1 amide bonds. The van der Waals surface area contributed by atoms with Gasteiger partial charge in [-0.05, 0) is 40.8 Å². The van der Waals surface area contributed by atoms with Crippen LogP contribution in [-0.2, 0) is 26.7 Å². The van der Waals surface area contributed by atoms with Crippen LogP contribution >= 0.6 is 0 Å². The second-order valence-electron chi connectivity index (χ2n) is 6.94. The summed E-state index contributed by atoms with van der Waals surface area (Å²) < 4.78 is 28.2. The first-order valence-electron chi connectivity index (χ1n) is 7.72. The van der Waals surface area contributed by atoms with E-state index in [0.717, 1.165) is 5.56 Å². The van der Waals surface area contributed by atoms with E-state index in [0.29, 0.717) is 16.9 Å². The zero-order valence-electron chi connectivity index (χ0n) is 13.9. The van der Waals surface area contributed by atoms with Gasteiger partial charge in [0.05, 0.1) is 17.0 Å². The minimum absolute atomic E-state index is 0.120. The monoisotopic (exact) mass is 344 g/mol. The Kier molecular flexibility index (Phi) is 3.87. The van der Waals surface area contributed by atoms with Crippen LogP contribution < -0.4 is 10.0 Å². The molecule has 0 aliphatic carbocycles. The highest BCUT2D eigenvalue weighted by atomic mass is 32.2. The molecular formula is C18H20N2O3S. The summed E-state index contributed by atoms with van der Waals surface area (Å²) in [6, 6.07) is 12.1. The molecule has 1 aliphatic rings. The Balaban J connectivity index is 1.97. The van der Waals surface area contributed by atoms with Crippen molar-refractivity contribution in [1.82, 2.24) is 0 Å². The van der Waals surface area contributed by atoms with Gasteiger partial charge in [0.25, 0.3) is 10.0 Å². The summed E-state index contributed by atoms with van der Waals surface area (Å²) in [5.74, 6) is -0.120. The van der Waals surface area contributed by atoms with Crippen LogP contribution in [0.15, 0.2) is 47.4 Å². The summed E-state index contributed by atoms with van der Waals surface area (Å²) >= 11 is 0. The predicted molar refractivity (Wildman–Crippen MR) is 94.7 cm³/mol. The Morgan fingerprint density at radius 2 is 1.79 bits per heavy atom. The van der Waals surface area contributed by atoms with E-state index >= 15 is 0 Å². The summed E-state index contributed by atoms with van der Waals surface area (Å²) in [6.45, 7) is 6.10. The highest BCUT2D eigenvalue weighted by molar-refractivity contribution is 7.92. The van der Waals surface area contributed by atoms with E-state index in [4.69, 9.17) is 0 Å². The van der Waals surface area contributed by atoms with Crippen molar-refractivity contribution in [2.45, 2.75) is 37.5 Å². The van der Waals surface area contributed by atoms with E-state index < -0.39 is 10.0 Å². The Morgan fingerprint density at radius 1 is 1.08 bits per heavy atom. The van der Waals surface area contributed by atoms with E-state index in [2.05, 4.69) is 10.0 Å². The first-order valence-corrected chi connectivity index (χ1v) is 9.20. The molecule has 24 heavy (non-hydrogen) atoms. The lowest BCUT2D eigenvalue weighted by Crippen LogP contribution is -2.19. The zero-order chi connectivity index (χ0) is 17.5. The van der Waals surface area contributed by atoms with Crippen molar-refractivity contribution >= 4 is 27.3 Å². The van der Waals surface area contributed by atoms with E-state index in [9.17, 15) is 13.2 Å². The van der Waals surface area contributed by atoms with Crippen LogP contribution in [0.5, 0.6) is 0 Å². The van der Waals surface area contributed by atoms with Crippen molar-refractivity contribution < 1.29 is 13.2 Å². The van der Waals surface area contributed by atoms with Crippen LogP contribution in [0.3, 0.4) is 0 Å². The highest BCUT2D eigenvalue weighted by Gasteiger charge is 2.24. The first kappa shape index (κ1) is 16.5. The Bertz CT molecular complexity index is 912. The maximum Gasteiger partial charge on any atom is 0.261 e. The number of fused-ring (bicyclic) bond motifs is 1. The minimum atomic E-state index is -3.72. The molecule has 0 fully saturated rings. The van der Waals surface area contributed by atoms with Crippen molar-refractivity contribution in [1.29, 1.82) is 0 Å². The number of sulfonamides is 1. The number of carbonyl (C=O) groups is 1. The van der Waals surface area contributed by atoms with Crippen molar-refractivity contribution in [2.24, 2.45) is 0 Å². The fourth-order valence-electron chi connectivity index (χ4n) is 2.80. The second kappa shape index (κ2) is 5.63. The molecule has 0 bridgehead atoms. The molecule has 0 unspecified atom stereocenters. The SMILES string of the molecule is CC(C)(C)c1ccccc1NS(=O)(=O)c1ccc2c(c1)CC(=O)N2. The van der Waals surface area contributed by atoms with Crippen LogP contribution in [0, 0.1) is 0 Å². The van der Waals surface area contributed by atoms with Gasteiger partial charge in [-0.2, -0.15) is 0 Å². The van der Waals surface area contributed by atoms with Gasteiger partial charge in [-0.3, -0.25) is 9.52 Å². The third kappa shape index (κ3) is 3.14. The Morgan fingerprint density at radius 3 is 2.50 bits per heavy atom. The standard InChI is InChI=1S/C18H20N2O3S/c1-18(2,3)14-6-4-5-7-16(14)20-24(22,23)13-8-9-15-12(10-13)11-17(21)19-15/h4-10,20H,11H2,1-3H3,(H,19,21). The van der Waals surface area contributed by atoms with Crippen LogP contribution in [0.1, 0.15) is 31.9 Å². The quantitative estimate of drug-likeness (QED) is 0.897. The summed E-state index contributed by atoms with van der Waals surface area (Å²) in [4.78, 5) is 11.6. The molecule has 1 aliphatic heterocycles. The van der Waals surface area contributed by atoms with Gasteiger partial charge in [0.15, 0.2) is 0 Å². The number of nitrogens with one attached hydrogen (secondary N) is 2. The number of benzene rings is 2. The van der Waals surface area contributed by atoms with E-state index in [1.807, 2.05) is 32.9 Å². The largest absolute Gasteiger partial charge is 0.326 e. The van der Waals surface area contributed by atoms with Crippen molar-refractivity contribution in [3.8, 4) is 0 Å². The average molecular weight is 344 g/mol. The number of hydrogen-bond donors (Lipinski definition) is 2. The van der Waals surface area contributed by atoms with E-state index in [1.165, 1.54) is 6.07 Å². The molecule has 0 saturated heterocycles. The number of anilines is 2. The number of carbonyl (C=O) groups excluding carboxylic acids is 1. The fourth-order valence-corrected chi connectivity index (χ4v) is 3.93. The lowest BCUT2D eigenvalue weighted by molar-refractivity contribution is -0.115. The van der Waals surface area contributed by atoms with E-state index in [1.54, 1.807) is 24.3 Å². The molecule has 0 aromatic heterocycles. The maximum absolute atomic E-state index is 12.7. The Hall–Kier alpha value is -2.34. The number of amides is 1. The summed E-state index contributed by atoms with van der Waals surface area (Å²) in [7, 11) is -3.72. The summed E-state index contributed by atoms with van der Waals surface area (Å²) in [5.41, 5.74) is 2.68. The minimum Gasteiger partial charge on any atom is -0.326 e. The summed E-state index contributed by atoms with van der Waals surface area (Å²) in [6.07, 6.45) is 0.206. The maximum atomic E-state index is 12.7. The Labute approximate surface area is 142 Å². The smallest absolute Gasteiger partial charge is 0.261 e. The van der Waals surface area contributed by atoms with E-state index in [-0.39, 0.29) is 22.6 Å². The van der Waals surface area contributed by atoms with Gasteiger partial charge >= 0.3 is 0 Å². The lowest BCUT2D eigenvalue weighted by atomic mass is 9.86. The number of hydrogen-bond acceptors (Lipinski definition) is 3. The van der Waals surface area contributed by atoms with Crippen molar-refractivity contribution in [3.63, 3.8) is 0 Å². The topological polar surface area (TPSA) is 75.3 Å². The molecule has 0 saturated carbocycles. The van der Waals surface area contributed by atoms with Gasteiger partial charge < -0.3 is 5.32 Å². The van der Waals surface area contributed by atoms with Gasteiger partial charge in [0.2, 0.25) is 5.91 Å². The van der Waals surface area contributed by atoms with Crippen molar-refractivity contribution in [2.75, 3.05) is 10.0 Å². The van der Waals surface area contributed by atoms with Gasteiger partial charge in [0, 0.05) is 5.69 Å². The van der Waals surface area contributed by atoms with Crippen LogP contribution in [0.4, 0.5) is 11.4 Å². The average Bonchev–Trinajstić information content (AvgIpc) is 2.85. The first-order chi connectivity index (χ1) is 11.2. The van der Waals surface area contributed by atoms with Crippen LogP contribution in [-0.4, -0.2) is 14.3 Å². The zero-order valence-corrected chi connectivity index (χ0v) is 14.7. The van der Waals surface area contributed by atoms with Gasteiger partial charge in [0.1, 0.15) is 0 Å². The van der Waals surface area contributed by atoms with Gasteiger partial charge in [-0.1, -0.05) is 39.0 Å². The number of rotatable bonds is 3. The molecule has 3 rings (SSSR count). The number of para-hydroxylation sites is 1. The molecule has 1 heterocycles. The molecule has 2 N–H and O–H groups in total. The van der Waals surface area contributed by atoms with Gasteiger partial charge in [-0.15, -0.1) is 0 Å². The highest BCUT2D eigenvalue weighted by Crippen LogP contribution is 2.32. The normalized spacial score (nSPS) is 14.2. The second-order valence-corrected chi connectivity index (χ2v) is 8.63. The molecule has 2 aromatic carbocycles. The van der Waals surface area contributed by atoms with Crippen molar-refractivity contribution in [3.05, 3.63) is 53.6 Å². The van der Waals surface area contributed by atoms with Gasteiger partial charge in [-0.25, -0.2) is 8.42 Å². The third-order valence-corrected chi connectivity index (χ3v) is 5.35. The fraction of sp³-hybridized carbons (Fsp3) is 0.278. The molecule has 126 valence electrons. The molecule has 5 nitrogen and oxygen atoms in total. The lowest BCUT2D eigenvalue weighted by Gasteiger charge is -2.23. The van der Waals surface area contributed by atoms with Crippen LogP contribution in [0.25, 0.3) is 0 Å². The molecule has 0 spiro atoms. The van der Waals surface area contributed by atoms with Crippen LogP contribution in [0.2, 0.25) is 0 Å².